The number of hydrogen-bond donors (Lipinski definition) is 3. The number of aromatic nitrogens is 1. The van der Waals surface area contributed by atoms with Crippen LogP contribution in [0.3, 0.4) is 0 Å². The molecule has 1 aromatic heterocycles. The highest BCUT2D eigenvalue weighted by molar-refractivity contribution is 7.91. The number of ether oxygens (including phenoxy) is 3. The Morgan fingerprint density at radius 2 is 1.87 bits per heavy atom. The van der Waals surface area contributed by atoms with Crippen LogP contribution >= 0.6 is 0 Å². The number of hydrogen-bond acceptors (Lipinski definition) is 10. The van der Waals surface area contributed by atoms with Crippen molar-refractivity contribution in [2.75, 3.05) is 20.3 Å². The first kappa shape index (κ1) is 40.2. The second-order valence-corrected chi connectivity index (χ2v) is 18.8. The second kappa shape index (κ2) is 15.2. The van der Waals surface area contributed by atoms with Crippen molar-refractivity contribution in [3.05, 3.63) is 42.6 Å². The van der Waals surface area contributed by atoms with Crippen molar-refractivity contribution < 1.29 is 46.2 Å². The van der Waals surface area contributed by atoms with E-state index in [0.717, 1.165) is 11.8 Å². The molecule has 55 heavy (non-hydrogen) atoms. The summed E-state index contributed by atoms with van der Waals surface area (Å²) in [5.74, 6) is -2.20. The van der Waals surface area contributed by atoms with Gasteiger partial charge < -0.3 is 29.7 Å². The van der Waals surface area contributed by atoms with Gasteiger partial charge in [0.25, 0.3) is 15.9 Å². The summed E-state index contributed by atoms with van der Waals surface area (Å²) in [6, 6.07) is 4.92. The molecule has 3 fully saturated rings. The molecule has 0 radical (unpaired) electrons. The van der Waals surface area contributed by atoms with Crippen molar-refractivity contribution in [3.8, 4) is 11.6 Å². The summed E-state index contributed by atoms with van der Waals surface area (Å²) in [6.45, 7) is 9.70. The minimum absolute atomic E-state index is 0.0120. The van der Waals surface area contributed by atoms with E-state index in [4.69, 9.17) is 14.2 Å². The molecule has 7 atom stereocenters. The predicted octanol–water partition coefficient (Wildman–Crippen LogP) is 4.53. The lowest BCUT2D eigenvalue weighted by atomic mass is 9.88. The molecule has 0 spiro atoms. The highest BCUT2D eigenvalue weighted by Crippen LogP contribution is 2.48. The average Bonchev–Trinajstić information content (AvgIpc) is 4.00. The number of pyridine rings is 1. The Morgan fingerprint density at radius 3 is 2.56 bits per heavy atom. The summed E-state index contributed by atoms with van der Waals surface area (Å²) < 4.78 is 59.6. The number of nitrogens with zero attached hydrogens (tertiary/aromatic N) is 2. The molecule has 4 aliphatic rings. The largest absolute Gasteiger partial charge is 0.497 e. The molecule has 2 aromatic rings. The normalized spacial score (nSPS) is 30.1. The molecule has 6 rings (SSSR count). The fourth-order valence-electron chi connectivity index (χ4n) is 7.45. The summed E-state index contributed by atoms with van der Waals surface area (Å²) in [6.07, 6.45) is 5.25. The molecule has 1 aromatic carbocycles. The Morgan fingerprint density at radius 1 is 1.13 bits per heavy atom. The number of sulfonamides is 1. The van der Waals surface area contributed by atoms with Gasteiger partial charge in [-0.3, -0.25) is 14.4 Å². The average molecular weight is 786 g/mol. The van der Waals surface area contributed by atoms with Crippen molar-refractivity contribution in [1.82, 2.24) is 25.2 Å². The van der Waals surface area contributed by atoms with Crippen LogP contribution in [0.15, 0.2) is 42.6 Å². The number of alkyl carbamates (subject to hydrolysis) is 1. The molecule has 14 nitrogen and oxygen atoms in total. The Hall–Kier alpha value is -4.47. The number of fused-ring (bicyclic) bond motifs is 3. The van der Waals surface area contributed by atoms with Gasteiger partial charge in [-0.2, -0.15) is 0 Å². The molecule has 4 amide bonds. The van der Waals surface area contributed by atoms with Crippen LogP contribution in [-0.4, -0.2) is 91.1 Å². The summed E-state index contributed by atoms with van der Waals surface area (Å²) in [5, 5.41) is 4.51. The van der Waals surface area contributed by atoms with Crippen molar-refractivity contribution in [2.24, 2.45) is 23.2 Å². The zero-order valence-corrected chi connectivity index (χ0v) is 33.0. The molecule has 3 heterocycles. The van der Waals surface area contributed by atoms with E-state index in [1.807, 2.05) is 51.5 Å². The van der Waals surface area contributed by atoms with Crippen LogP contribution in [-0.2, 0) is 29.1 Å². The van der Waals surface area contributed by atoms with Crippen LogP contribution in [0.25, 0.3) is 10.8 Å². The quantitative estimate of drug-likeness (QED) is 0.322. The highest BCUT2D eigenvalue weighted by atomic mass is 32.2. The Bertz CT molecular complexity index is 1970. The smallest absolute Gasteiger partial charge is 0.407 e. The van der Waals surface area contributed by atoms with Crippen molar-refractivity contribution in [1.29, 1.82) is 0 Å². The minimum atomic E-state index is -4.66. The number of halogens is 1. The first-order chi connectivity index (χ1) is 25.8. The Kier molecular flexibility index (Phi) is 11.1. The van der Waals surface area contributed by atoms with Gasteiger partial charge in [-0.1, -0.05) is 46.8 Å². The third kappa shape index (κ3) is 8.84. The molecule has 300 valence electrons. The molecule has 1 saturated heterocycles. The van der Waals surface area contributed by atoms with E-state index in [2.05, 4.69) is 15.6 Å². The molecule has 2 aliphatic heterocycles. The summed E-state index contributed by atoms with van der Waals surface area (Å²) in [7, 11) is -3.10. The van der Waals surface area contributed by atoms with Gasteiger partial charge in [0.05, 0.1) is 20.3 Å². The van der Waals surface area contributed by atoms with Gasteiger partial charge in [0.1, 0.15) is 29.5 Å². The Labute approximate surface area is 321 Å². The van der Waals surface area contributed by atoms with Crippen LogP contribution in [0.1, 0.15) is 79.6 Å². The third-order valence-electron chi connectivity index (χ3n) is 10.9. The molecule has 16 heteroatoms. The van der Waals surface area contributed by atoms with Gasteiger partial charge in [0, 0.05) is 36.8 Å². The van der Waals surface area contributed by atoms with Gasteiger partial charge in [-0.05, 0) is 72.6 Å². The number of rotatable bonds is 8. The number of amides is 4. The first-order valence-corrected chi connectivity index (χ1v) is 20.4. The standard InChI is InChI=1S/C39H52FN5O9S/c1-23-9-7-8-10-26-20-39(26,35(48)44-55(50,51)38(40)14-15-38)43-32(46)30-19-28(54-33-29-12-11-27(52-6)18-25(29)13-16-41-33)21-45(30)34(47)31(24(2)17-23)42-36(49)53-22-37(3,4)5/h8,10-13,16,18,23-24,26,28,30-31H,7,9,14-15,17,19-22H2,1-6H3,(H,42,49)(H,43,46)(H,44,48)/b10-8-/t23-,24-,26-,28-,30+,31+,39-/m1/s1. The molecule has 2 aliphatic carbocycles. The molecule has 0 unspecified atom stereocenters. The lowest BCUT2D eigenvalue weighted by molar-refractivity contribution is -0.142. The maximum Gasteiger partial charge on any atom is 0.407 e. The minimum Gasteiger partial charge on any atom is -0.497 e. The lowest BCUT2D eigenvalue weighted by Gasteiger charge is -2.33. The summed E-state index contributed by atoms with van der Waals surface area (Å²) in [5.41, 5.74) is -2.02. The van der Waals surface area contributed by atoms with Crippen LogP contribution < -0.4 is 24.8 Å². The van der Waals surface area contributed by atoms with Crippen LogP contribution in [0.5, 0.6) is 11.6 Å². The van der Waals surface area contributed by atoms with E-state index in [-0.39, 0.29) is 62.0 Å². The van der Waals surface area contributed by atoms with E-state index >= 15 is 0 Å². The molecule has 3 N–H and O–H groups in total. The maximum absolute atomic E-state index is 14.8. The first-order valence-electron chi connectivity index (χ1n) is 18.9. The molecule has 0 bridgehead atoms. The highest BCUT2D eigenvalue weighted by Gasteiger charge is 2.64. The zero-order chi connectivity index (χ0) is 39.9. The van der Waals surface area contributed by atoms with E-state index in [9.17, 15) is 32.0 Å². The summed E-state index contributed by atoms with van der Waals surface area (Å²) >= 11 is 0. The van der Waals surface area contributed by atoms with E-state index < -0.39 is 68.5 Å². The fraction of sp³-hybridized carbons (Fsp3) is 0.615. The maximum atomic E-state index is 14.8. The zero-order valence-electron chi connectivity index (χ0n) is 32.2. The predicted molar refractivity (Wildman–Crippen MR) is 201 cm³/mol. The van der Waals surface area contributed by atoms with Gasteiger partial charge >= 0.3 is 6.09 Å². The number of alkyl halides is 1. The molecule has 2 saturated carbocycles. The van der Waals surface area contributed by atoms with E-state index in [1.165, 1.54) is 4.90 Å². The molecular formula is C39H52FN5O9S. The van der Waals surface area contributed by atoms with E-state index in [0.29, 0.717) is 24.0 Å². The fourth-order valence-corrected chi connectivity index (χ4v) is 8.69. The van der Waals surface area contributed by atoms with Crippen LogP contribution in [0, 0.1) is 23.2 Å². The van der Waals surface area contributed by atoms with Crippen LogP contribution in [0.4, 0.5) is 9.18 Å². The number of nitrogens with one attached hydrogen (secondary N) is 3. The van der Waals surface area contributed by atoms with Crippen LogP contribution in [0.2, 0.25) is 0 Å². The second-order valence-electron chi connectivity index (χ2n) is 16.9. The lowest BCUT2D eigenvalue weighted by Crippen LogP contribution is -2.59. The number of benzene rings is 1. The van der Waals surface area contributed by atoms with E-state index in [1.54, 1.807) is 37.6 Å². The number of carbonyl (C=O) groups excluding carboxylic acids is 4. The number of methoxy groups -OCH3 is 1. The van der Waals surface area contributed by atoms with Crippen molar-refractivity contribution in [3.63, 3.8) is 0 Å². The molecular weight excluding hydrogens is 734 g/mol. The monoisotopic (exact) mass is 785 g/mol. The number of allylic oxidation sites excluding steroid dienone is 1. The van der Waals surface area contributed by atoms with Crippen molar-refractivity contribution >= 4 is 44.6 Å². The van der Waals surface area contributed by atoms with Gasteiger partial charge in [-0.15, -0.1) is 0 Å². The van der Waals surface area contributed by atoms with Crippen molar-refractivity contribution in [2.45, 2.75) is 108 Å². The Balaban J connectivity index is 1.33. The SMILES string of the molecule is COc1ccc2c(O[C@@H]3C[C@H]4C(=O)N[C@]5(C(=O)NS(=O)(=O)C6(F)CC6)C[C@H]5/C=C\CC[C@@H](C)C[C@@H](C)[C@H](NC(=O)OCC(C)(C)C)C(=O)N4C3)nccc2c1. The number of carbonyl (C=O) groups is 4. The van der Waals surface area contributed by atoms with Gasteiger partial charge in [0.2, 0.25) is 22.7 Å². The topological polar surface area (TPSA) is 182 Å². The summed E-state index contributed by atoms with van der Waals surface area (Å²) in [4.78, 5) is 61.9. The van der Waals surface area contributed by atoms with Gasteiger partial charge in [-0.25, -0.2) is 27.3 Å². The van der Waals surface area contributed by atoms with Gasteiger partial charge in [0.15, 0.2) is 0 Å². The third-order valence-corrected chi connectivity index (χ3v) is 12.7.